The molecule has 1 aromatic carbocycles. The molecule has 2 aromatic rings. The van der Waals surface area contributed by atoms with Crippen molar-refractivity contribution in [3.8, 4) is 0 Å². The minimum Gasteiger partial charge on any atom is -0.469 e. The van der Waals surface area contributed by atoms with Crippen LogP contribution in [0.15, 0.2) is 36.5 Å². The number of nitrogens with zero attached hydrogens (tertiary/aromatic N) is 2. The number of methoxy groups -OCH3 is 1. The van der Waals surface area contributed by atoms with E-state index < -0.39 is 0 Å². The number of esters is 1. The normalized spacial score (nSPS) is 16.1. The fourth-order valence-corrected chi connectivity index (χ4v) is 2.88. The Labute approximate surface area is 123 Å². The Morgan fingerprint density at radius 3 is 2.57 bits per heavy atom. The fourth-order valence-electron chi connectivity index (χ4n) is 2.88. The minimum atomic E-state index is -0.173. The van der Waals surface area contributed by atoms with Crippen molar-refractivity contribution in [3.63, 3.8) is 0 Å². The second-order valence-electron chi connectivity index (χ2n) is 5.31. The Kier molecular flexibility index (Phi) is 3.64. The van der Waals surface area contributed by atoms with Gasteiger partial charge in [0.05, 0.1) is 18.5 Å². The molecule has 0 radical (unpaired) electrons. The van der Waals surface area contributed by atoms with Crippen LogP contribution in [0.3, 0.4) is 0 Å². The third-order valence-corrected chi connectivity index (χ3v) is 4.11. The highest BCUT2D eigenvalue weighted by Gasteiger charge is 2.28. The molecular formula is C16H18N2O3. The van der Waals surface area contributed by atoms with E-state index in [1.807, 2.05) is 30.3 Å². The molecule has 5 nitrogen and oxygen atoms in total. The number of ether oxygens (including phenoxy) is 1. The number of likely N-dealkylation sites (tertiary alicyclic amines) is 1. The molecule has 2 heterocycles. The lowest BCUT2D eigenvalue weighted by atomic mass is 9.97. The summed E-state index contributed by atoms with van der Waals surface area (Å²) in [6, 6.07) is 9.72. The van der Waals surface area contributed by atoms with Crippen LogP contribution in [0, 0.1) is 5.92 Å². The lowest BCUT2D eigenvalue weighted by Crippen LogP contribution is -2.42. The molecule has 3 rings (SSSR count). The van der Waals surface area contributed by atoms with E-state index in [0.29, 0.717) is 25.9 Å². The third kappa shape index (κ3) is 2.51. The summed E-state index contributed by atoms with van der Waals surface area (Å²) in [5.41, 5.74) is 0.914. The SMILES string of the molecule is COC(=O)C1CCN(C(=O)n2ccc3ccccc32)CC1. The summed E-state index contributed by atoms with van der Waals surface area (Å²) >= 11 is 0. The van der Waals surface area contributed by atoms with Crippen LogP contribution in [0.1, 0.15) is 12.8 Å². The zero-order valence-electron chi connectivity index (χ0n) is 12.0. The highest BCUT2D eigenvalue weighted by molar-refractivity contribution is 5.91. The lowest BCUT2D eigenvalue weighted by Gasteiger charge is -2.30. The van der Waals surface area contributed by atoms with Gasteiger partial charge in [-0.15, -0.1) is 0 Å². The third-order valence-electron chi connectivity index (χ3n) is 4.11. The van der Waals surface area contributed by atoms with E-state index in [4.69, 9.17) is 4.74 Å². The molecule has 0 saturated carbocycles. The highest BCUT2D eigenvalue weighted by atomic mass is 16.5. The monoisotopic (exact) mass is 286 g/mol. The Morgan fingerprint density at radius 2 is 1.86 bits per heavy atom. The Bertz CT molecular complexity index is 669. The first-order valence-electron chi connectivity index (χ1n) is 7.14. The van der Waals surface area contributed by atoms with Crippen molar-refractivity contribution >= 4 is 22.9 Å². The van der Waals surface area contributed by atoms with Gasteiger partial charge in [-0.3, -0.25) is 9.36 Å². The first kappa shape index (κ1) is 13.7. The number of piperidine rings is 1. The highest BCUT2D eigenvalue weighted by Crippen LogP contribution is 2.21. The largest absolute Gasteiger partial charge is 0.469 e. The molecule has 0 atom stereocenters. The van der Waals surface area contributed by atoms with Gasteiger partial charge >= 0.3 is 12.0 Å². The quantitative estimate of drug-likeness (QED) is 0.757. The van der Waals surface area contributed by atoms with Crippen molar-refractivity contribution in [2.24, 2.45) is 5.92 Å². The number of rotatable bonds is 1. The van der Waals surface area contributed by atoms with E-state index in [9.17, 15) is 9.59 Å². The average molecular weight is 286 g/mol. The van der Waals surface area contributed by atoms with Crippen LogP contribution in [0.2, 0.25) is 0 Å². The van der Waals surface area contributed by atoms with Crippen LogP contribution < -0.4 is 0 Å². The van der Waals surface area contributed by atoms with Crippen LogP contribution in [0.4, 0.5) is 4.79 Å². The molecule has 1 amide bonds. The predicted molar refractivity (Wildman–Crippen MR) is 79.0 cm³/mol. The summed E-state index contributed by atoms with van der Waals surface area (Å²) in [6.45, 7) is 1.18. The molecule has 1 aromatic heterocycles. The fraction of sp³-hybridized carbons (Fsp3) is 0.375. The maximum Gasteiger partial charge on any atom is 0.328 e. The molecule has 1 aliphatic rings. The second kappa shape index (κ2) is 5.60. The number of carbonyl (C=O) groups is 2. The summed E-state index contributed by atoms with van der Waals surface area (Å²) in [5.74, 6) is -0.256. The van der Waals surface area contributed by atoms with Crippen molar-refractivity contribution in [3.05, 3.63) is 36.5 Å². The molecule has 110 valence electrons. The average Bonchev–Trinajstić information content (AvgIpc) is 2.97. The van der Waals surface area contributed by atoms with Crippen LogP contribution >= 0.6 is 0 Å². The number of benzene rings is 1. The van der Waals surface area contributed by atoms with E-state index in [2.05, 4.69) is 0 Å². The maximum atomic E-state index is 12.6. The molecule has 1 saturated heterocycles. The van der Waals surface area contributed by atoms with Crippen molar-refractivity contribution in [2.75, 3.05) is 20.2 Å². The summed E-state index contributed by atoms with van der Waals surface area (Å²) in [4.78, 5) is 25.9. The molecule has 0 unspecified atom stereocenters. The van der Waals surface area contributed by atoms with Crippen molar-refractivity contribution in [1.82, 2.24) is 9.47 Å². The molecule has 0 N–H and O–H groups in total. The van der Waals surface area contributed by atoms with Gasteiger partial charge in [-0.25, -0.2) is 4.79 Å². The Morgan fingerprint density at radius 1 is 1.14 bits per heavy atom. The molecule has 21 heavy (non-hydrogen) atoms. The van der Waals surface area contributed by atoms with Crippen LogP contribution in [-0.2, 0) is 9.53 Å². The van der Waals surface area contributed by atoms with Gasteiger partial charge in [-0.2, -0.15) is 0 Å². The molecule has 1 aliphatic heterocycles. The zero-order chi connectivity index (χ0) is 14.8. The van der Waals surface area contributed by atoms with E-state index in [-0.39, 0.29) is 17.9 Å². The smallest absolute Gasteiger partial charge is 0.328 e. The Balaban J connectivity index is 1.74. The van der Waals surface area contributed by atoms with Crippen molar-refractivity contribution in [2.45, 2.75) is 12.8 Å². The number of hydrogen-bond acceptors (Lipinski definition) is 3. The van der Waals surface area contributed by atoms with Gasteiger partial charge in [0.2, 0.25) is 0 Å². The summed E-state index contributed by atoms with van der Waals surface area (Å²) in [5, 5.41) is 1.05. The lowest BCUT2D eigenvalue weighted by molar-refractivity contribution is -0.146. The number of fused-ring (bicyclic) bond motifs is 1. The van der Waals surface area contributed by atoms with Gasteiger partial charge in [0.25, 0.3) is 0 Å². The molecule has 0 bridgehead atoms. The topological polar surface area (TPSA) is 51.5 Å². The first-order chi connectivity index (χ1) is 10.2. The number of aromatic nitrogens is 1. The summed E-state index contributed by atoms with van der Waals surface area (Å²) < 4.78 is 6.44. The number of hydrogen-bond donors (Lipinski definition) is 0. The van der Waals surface area contributed by atoms with E-state index in [1.165, 1.54) is 7.11 Å². The first-order valence-corrected chi connectivity index (χ1v) is 7.14. The Hall–Kier alpha value is -2.30. The van der Waals surface area contributed by atoms with Crippen LogP contribution in [-0.4, -0.2) is 41.7 Å². The zero-order valence-corrected chi connectivity index (χ0v) is 12.0. The summed E-state index contributed by atoms with van der Waals surface area (Å²) in [7, 11) is 1.41. The number of carbonyl (C=O) groups excluding carboxylic acids is 2. The van der Waals surface area contributed by atoms with Gasteiger partial charge in [-0.05, 0) is 25.0 Å². The molecule has 5 heteroatoms. The number of amides is 1. The van der Waals surface area contributed by atoms with Crippen LogP contribution in [0.5, 0.6) is 0 Å². The van der Waals surface area contributed by atoms with E-state index >= 15 is 0 Å². The maximum absolute atomic E-state index is 12.6. The van der Waals surface area contributed by atoms with Gasteiger partial charge < -0.3 is 9.64 Å². The second-order valence-corrected chi connectivity index (χ2v) is 5.31. The van der Waals surface area contributed by atoms with E-state index in [0.717, 1.165) is 10.9 Å². The van der Waals surface area contributed by atoms with Crippen LogP contribution in [0.25, 0.3) is 10.9 Å². The van der Waals surface area contributed by atoms with Crippen molar-refractivity contribution in [1.29, 1.82) is 0 Å². The predicted octanol–water partition coefficient (Wildman–Crippen LogP) is 2.49. The molecule has 0 spiro atoms. The van der Waals surface area contributed by atoms with Gasteiger partial charge in [0, 0.05) is 24.7 Å². The number of para-hydroxylation sites is 1. The van der Waals surface area contributed by atoms with Gasteiger partial charge in [0.15, 0.2) is 0 Å². The molecule has 0 aliphatic carbocycles. The van der Waals surface area contributed by atoms with E-state index in [1.54, 1.807) is 15.7 Å². The minimum absolute atomic E-state index is 0.0282. The molecule has 1 fully saturated rings. The summed E-state index contributed by atoms with van der Waals surface area (Å²) in [6.07, 6.45) is 3.13. The standard InChI is InChI=1S/C16H18N2O3/c1-21-15(19)13-6-9-17(10-7-13)16(20)18-11-8-12-4-2-3-5-14(12)18/h2-5,8,11,13H,6-7,9-10H2,1H3. The van der Waals surface area contributed by atoms with Gasteiger partial charge in [0.1, 0.15) is 0 Å². The van der Waals surface area contributed by atoms with Crippen molar-refractivity contribution < 1.29 is 14.3 Å². The van der Waals surface area contributed by atoms with Gasteiger partial charge in [-0.1, -0.05) is 18.2 Å². The molecular weight excluding hydrogens is 268 g/mol.